The van der Waals surface area contributed by atoms with Crippen LogP contribution in [0.15, 0.2) is 30.3 Å². The van der Waals surface area contributed by atoms with Crippen molar-refractivity contribution in [2.24, 2.45) is 5.92 Å². The van der Waals surface area contributed by atoms with Crippen LogP contribution < -0.4 is 0 Å². The molecular formula is C16H22O3. The molecule has 3 nitrogen and oxygen atoms in total. The Morgan fingerprint density at radius 2 is 1.95 bits per heavy atom. The van der Waals surface area contributed by atoms with Crippen molar-refractivity contribution in [1.82, 2.24) is 0 Å². The lowest BCUT2D eigenvalue weighted by Crippen LogP contribution is -2.42. The highest BCUT2D eigenvalue weighted by atomic mass is 16.7. The normalized spacial score (nSPS) is 29.7. The summed E-state index contributed by atoms with van der Waals surface area (Å²) < 4.78 is 17.6. The third-order valence-electron chi connectivity index (χ3n) is 4.20. The van der Waals surface area contributed by atoms with Gasteiger partial charge in [0.25, 0.3) is 0 Å². The highest BCUT2D eigenvalue weighted by Gasteiger charge is 2.43. The average molecular weight is 262 g/mol. The quantitative estimate of drug-likeness (QED) is 0.837. The summed E-state index contributed by atoms with van der Waals surface area (Å²) in [5, 5.41) is 0. The minimum Gasteiger partial charge on any atom is -0.373 e. The largest absolute Gasteiger partial charge is 0.373 e. The molecule has 0 amide bonds. The number of benzene rings is 1. The van der Waals surface area contributed by atoms with Gasteiger partial charge in [0.15, 0.2) is 5.79 Å². The molecule has 1 aliphatic carbocycles. The molecule has 104 valence electrons. The van der Waals surface area contributed by atoms with E-state index in [0.717, 1.165) is 32.5 Å². The highest BCUT2D eigenvalue weighted by molar-refractivity contribution is 5.13. The van der Waals surface area contributed by atoms with Crippen LogP contribution in [0.4, 0.5) is 0 Å². The average Bonchev–Trinajstić information content (AvgIpc) is 2.87. The molecule has 3 rings (SSSR count). The molecule has 1 saturated heterocycles. The van der Waals surface area contributed by atoms with E-state index in [1.807, 2.05) is 6.07 Å². The van der Waals surface area contributed by atoms with Crippen molar-refractivity contribution in [3.63, 3.8) is 0 Å². The molecule has 0 unspecified atom stereocenters. The fourth-order valence-corrected chi connectivity index (χ4v) is 3.16. The van der Waals surface area contributed by atoms with Crippen molar-refractivity contribution < 1.29 is 14.2 Å². The lowest BCUT2D eigenvalue weighted by Gasteiger charge is -2.39. The first-order valence-corrected chi connectivity index (χ1v) is 7.21. The third kappa shape index (κ3) is 2.99. The zero-order chi connectivity index (χ0) is 13.1. The predicted molar refractivity (Wildman–Crippen MR) is 72.7 cm³/mol. The van der Waals surface area contributed by atoms with Crippen molar-refractivity contribution in [3.8, 4) is 0 Å². The molecule has 3 heteroatoms. The third-order valence-corrected chi connectivity index (χ3v) is 4.20. The minimum absolute atomic E-state index is 0.300. The second-order valence-corrected chi connectivity index (χ2v) is 5.66. The molecule has 0 bridgehead atoms. The van der Waals surface area contributed by atoms with Gasteiger partial charge in [-0.2, -0.15) is 0 Å². The first-order valence-electron chi connectivity index (χ1n) is 7.21. The van der Waals surface area contributed by atoms with Crippen molar-refractivity contribution in [3.05, 3.63) is 35.9 Å². The molecule has 1 saturated carbocycles. The highest BCUT2D eigenvalue weighted by Crippen LogP contribution is 2.39. The van der Waals surface area contributed by atoms with E-state index in [1.54, 1.807) is 0 Å². The molecule has 1 aromatic rings. The van der Waals surface area contributed by atoms with Crippen LogP contribution in [-0.2, 0) is 20.8 Å². The molecule has 2 aliphatic rings. The van der Waals surface area contributed by atoms with Gasteiger partial charge in [0.05, 0.1) is 25.9 Å². The molecule has 0 aromatic heterocycles. The SMILES string of the molecule is C[C@@H]1CC2(CC[C@H]1OCc1ccccc1)OCCO2. The zero-order valence-corrected chi connectivity index (χ0v) is 11.5. The number of hydrogen-bond acceptors (Lipinski definition) is 3. The first kappa shape index (κ1) is 13.1. The Labute approximate surface area is 114 Å². The summed E-state index contributed by atoms with van der Waals surface area (Å²) in [7, 11) is 0. The summed E-state index contributed by atoms with van der Waals surface area (Å²) in [6, 6.07) is 10.4. The van der Waals surface area contributed by atoms with Crippen LogP contribution in [0.1, 0.15) is 31.7 Å². The van der Waals surface area contributed by atoms with Gasteiger partial charge in [-0.15, -0.1) is 0 Å². The number of rotatable bonds is 3. The topological polar surface area (TPSA) is 27.7 Å². The lowest BCUT2D eigenvalue weighted by atomic mass is 9.83. The van der Waals surface area contributed by atoms with Gasteiger partial charge in [0, 0.05) is 12.8 Å². The fourth-order valence-electron chi connectivity index (χ4n) is 3.16. The summed E-state index contributed by atoms with van der Waals surface area (Å²) in [5.41, 5.74) is 1.24. The van der Waals surface area contributed by atoms with Gasteiger partial charge in [0.2, 0.25) is 0 Å². The fraction of sp³-hybridized carbons (Fsp3) is 0.625. The molecule has 1 aromatic carbocycles. The molecule has 0 N–H and O–H groups in total. The maximum atomic E-state index is 6.07. The standard InChI is InChI=1S/C16H22O3/c1-13-11-16(18-9-10-19-16)8-7-15(13)17-12-14-5-3-2-4-6-14/h2-6,13,15H,7-12H2,1H3/t13-,15-/m1/s1. The van der Waals surface area contributed by atoms with Gasteiger partial charge in [-0.05, 0) is 17.9 Å². The Balaban J connectivity index is 1.53. The van der Waals surface area contributed by atoms with Crippen LogP contribution in [0, 0.1) is 5.92 Å². The van der Waals surface area contributed by atoms with Crippen LogP contribution in [0.5, 0.6) is 0 Å². The Kier molecular flexibility index (Phi) is 3.87. The minimum atomic E-state index is -0.300. The second kappa shape index (κ2) is 5.61. The zero-order valence-electron chi connectivity index (χ0n) is 11.5. The van der Waals surface area contributed by atoms with Gasteiger partial charge >= 0.3 is 0 Å². The Hall–Kier alpha value is -0.900. The van der Waals surface area contributed by atoms with Gasteiger partial charge < -0.3 is 14.2 Å². The monoisotopic (exact) mass is 262 g/mol. The van der Waals surface area contributed by atoms with Crippen LogP contribution >= 0.6 is 0 Å². The van der Waals surface area contributed by atoms with Gasteiger partial charge in [-0.3, -0.25) is 0 Å². The maximum Gasteiger partial charge on any atom is 0.168 e. The van der Waals surface area contributed by atoms with E-state index < -0.39 is 0 Å². The Morgan fingerprint density at radius 1 is 1.21 bits per heavy atom. The van der Waals surface area contributed by atoms with Crippen LogP contribution in [0.3, 0.4) is 0 Å². The van der Waals surface area contributed by atoms with Crippen molar-refractivity contribution in [2.45, 2.75) is 44.7 Å². The van der Waals surface area contributed by atoms with E-state index in [1.165, 1.54) is 5.56 Å². The Morgan fingerprint density at radius 3 is 2.63 bits per heavy atom. The smallest absolute Gasteiger partial charge is 0.168 e. The van der Waals surface area contributed by atoms with Gasteiger partial charge in [-0.25, -0.2) is 0 Å². The Bertz CT molecular complexity index is 398. The van der Waals surface area contributed by atoms with Crippen molar-refractivity contribution in [1.29, 1.82) is 0 Å². The first-order chi connectivity index (χ1) is 9.27. The second-order valence-electron chi connectivity index (χ2n) is 5.66. The molecule has 1 spiro atoms. The number of hydrogen-bond donors (Lipinski definition) is 0. The molecule has 1 heterocycles. The molecule has 1 aliphatic heterocycles. The van der Waals surface area contributed by atoms with Crippen LogP contribution in [0.2, 0.25) is 0 Å². The summed E-state index contributed by atoms with van der Waals surface area (Å²) in [6.07, 6.45) is 3.25. The van der Waals surface area contributed by atoms with E-state index >= 15 is 0 Å². The van der Waals surface area contributed by atoms with Gasteiger partial charge in [-0.1, -0.05) is 37.3 Å². The summed E-state index contributed by atoms with van der Waals surface area (Å²) in [6.45, 7) is 4.41. The molecule has 19 heavy (non-hydrogen) atoms. The molecular weight excluding hydrogens is 240 g/mol. The lowest BCUT2D eigenvalue weighted by molar-refractivity contribution is -0.206. The molecule has 0 radical (unpaired) electrons. The summed E-state index contributed by atoms with van der Waals surface area (Å²) in [4.78, 5) is 0. The van der Waals surface area contributed by atoms with Crippen LogP contribution in [-0.4, -0.2) is 25.1 Å². The maximum absolute atomic E-state index is 6.07. The molecule has 2 atom stereocenters. The summed E-state index contributed by atoms with van der Waals surface area (Å²) >= 11 is 0. The van der Waals surface area contributed by atoms with E-state index in [-0.39, 0.29) is 5.79 Å². The van der Waals surface area contributed by atoms with Crippen molar-refractivity contribution in [2.75, 3.05) is 13.2 Å². The van der Waals surface area contributed by atoms with E-state index in [4.69, 9.17) is 14.2 Å². The van der Waals surface area contributed by atoms with E-state index in [9.17, 15) is 0 Å². The van der Waals surface area contributed by atoms with Crippen molar-refractivity contribution >= 4 is 0 Å². The molecule has 2 fully saturated rings. The van der Waals surface area contributed by atoms with Crippen LogP contribution in [0.25, 0.3) is 0 Å². The van der Waals surface area contributed by atoms with Gasteiger partial charge in [0.1, 0.15) is 0 Å². The number of ether oxygens (including phenoxy) is 3. The van der Waals surface area contributed by atoms with E-state index in [2.05, 4.69) is 31.2 Å². The summed E-state index contributed by atoms with van der Waals surface area (Å²) in [5.74, 6) is 0.182. The van der Waals surface area contributed by atoms with E-state index in [0.29, 0.717) is 18.6 Å². The predicted octanol–water partition coefficient (Wildman–Crippen LogP) is 3.13.